The summed E-state index contributed by atoms with van der Waals surface area (Å²) < 4.78 is 22.6. The molecule has 0 saturated carbocycles. The van der Waals surface area contributed by atoms with Gasteiger partial charge in [0.25, 0.3) is 0 Å². The first-order valence-corrected chi connectivity index (χ1v) is 8.83. The van der Waals surface area contributed by atoms with Crippen LogP contribution in [0.2, 0.25) is 0 Å². The Kier molecular flexibility index (Phi) is 6.84. The third-order valence-corrected chi connectivity index (χ3v) is 4.57. The van der Waals surface area contributed by atoms with Gasteiger partial charge in [-0.2, -0.15) is 0 Å². The summed E-state index contributed by atoms with van der Waals surface area (Å²) in [4.78, 5) is 23.0. The molecular formula is C14H21N3O4S. The van der Waals surface area contributed by atoms with E-state index in [1.807, 2.05) is 0 Å². The molecule has 1 aromatic carbocycles. The van der Waals surface area contributed by atoms with Gasteiger partial charge in [0, 0.05) is 30.1 Å². The van der Waals surface area contributed by atoms with Crippen LogP contribution in [-0.4, -0.2) is 38.4 Å². The van der Waals surface area contributed by atoms with Crippen LogP contribution in [0.5, 0.6) is 0 Å². The number of carbonyl (C=O) groups is 2. The molecule has 3 amide bonds. The number of carbonyl (C=O) groups excluding carboxylic acids is 2. The molecule has 0 heterocycles. The lowest BCUT2D eigenvalue weighted by Crippen LogP contribution is -2.33. The molecule has 8 heteroatoms. The van der Waals surface area contributed by atoms with Crippen LogP contribution in [0, 0.1) is 0 Å². The van der Waals surface area contributed by atoms with Crippen molar-refractivity contribution in [3.8, 4) is 0 Å². The largest absolute Gasteiger partial charge is 0.337 e. The topological polar surface area (TPSA) is 104 Å². The fraction of sp³-hybridized carbons (Fsp3) is 0.429. The highest BCUT2D eigenvalue weighted by atomic mass is 32.2. The fourth-order valence-corrected chi connectivity index (χ4v) is 2.27. The maximum Gasteiger partial charge on any atom is 0.319 e. The van der Waals surface area contributed by atoms with E-state index >= 15 is 0 Å². The Morgan fingerprint density at radius 1 is 1.09 bits per heavy atom. The smallest absolute Gasteiger partial charge is 0.319 e. The Labute approximate surface area is 130 Å². The Hall–Kier alpha value is -2.09. The number of urea groups is 1. The highest BCUT2D eigenvalue weighted by Crippen LogP contribution is 2.15. The number of benzene rings is 1. The van der Waals surface area contributed by atoms with Crippen molar-refractivity contribution in [1.29, 1.82) is 0 Å². The van der Waals surface area contributed by atoms with Gasteiger partial charge in [-0.15, -0.1) is 0 Å². The molecule has 1 aromatic rings. The van der Waals surface area contributed by atoms with Gasteiger partial charge in [0.1, 0.15) is 0 Å². The summed E-state index contributed by atoms with van der Waals surface area (Å²) in [5, 5.41) is 7.74. The monoisotopic (exact) mass is 327 g/mol. The van der Waals surface area contributed by atoms with Crippen molar-refractivity contribution in [2.75, 3.05) is 28.7 Å². The summed E-state index contributed by atoms with van der Waals surface area (Å²) in [7, 11) is -3.10. The molecule has 0 unspecified atom stereocenters. The molecule has 0 spiro atoms. The summed E-state index contributed by atoms with van der Waals surface area (Å²) in [5.74, 6) is -0.162. The molecule has 0 aromatic heterocycles. The highest BCUT2D eigenvalue weighted by molar-refractivity contribution is 7.91. The lowest BCUT2D eigenvalue weighted by atomic mass is 10.2. The van der Waals surface area contributed by atoms with Gasteiger partial charge in [-0.3, -0.25) is 4.79 Å². The van der Waals surface area contributed by atoms with Gasteiger partial charge in [0.05, 0.1) is 5.75 Å². The van der Waals surface area contributed by atoms with Gasteiger partial charge >= 0.3 is 6.03 Å². The second-order valence-electron chi connectivity index (χ2n) is 4.60. The lowest BCUT2D eigenvalue weighted by Gasteiger charge is -2.09. The molecule has 0 aliphatic heterocycles. The van der Waals surface area contributed by atoms with Gasteiger partial charge in [-0.1, -0.05) is 19.9 Å². The number of hydrogen-bond donors (Lipinski definition) is 3. The second-order valence-corrected chi connectivity index (χ2v) is 7.07. The van der Waals surface area contributed by atoms with Crippen LogP contribution >= 0.6 is 0 Å². The summed E-state index contributed by atoms with van der Waals surface area (Å²) >= 11 is 0. The highest BCUT2D eigenvalue weighted by Gasteiger charge is 2.08. The Balaban J connectivity index is 2.51. The summed E-state index contributed by atoms with van der Waals surface area (Å²) in [5.41, 5.74) is 1.09. The van der Waals surface area contributed by atoms with Gasteiger partial charge in [-0.25, -0.2) is 13.2 Å². The predicted molar refractivity (Wildman–Crippen MR) is 86.7 cm³/mol. The van der Waals surface area contributed by atoms with Crippen LogP contribution < -0.4 is 16.0 Å². The molecule has 0 aliphatic carbocycles. The van der Waals surface area contributed by atoms with Crippen LogP contribution in [0.15, 0.2) is 24.3 Å². The first-order chi connectivity index (χ1) is 10.4. The molecule has 0 saturated heterocycles. The molecular weight excluding hydrogens is 306 g/mol. The molecule has 0 atom stereocenters. The average Bonchev–Trinajstić information content (AvgIpc) is 2.47. The molecule has 22 heavy (non-hydrogen) atoms. The van der Waals surface area contributed by atoms with E-state index < -0.39 is 15.9 Å². The number of amides is 3. The van der Waals surface area contributed by atoms with E-state index in [0.29, 0.717) is 17.8 Å². The normalized spacial score (nSPS) is 10.8. The van der Waals surface area contributed by atoms with E-state index in [1.54, 1.807) is 38.1 Å². The van der Waals surface area contributed by atoms with Crippen LogP contribution in [-0.2, 0) is 14.6 Å². The maximum absolute atomic E-state index is 11.7. The Morgan fingerprint density at radius 2 is 1.73 bits per heavy atom. The van der Waals surface area contributed by atoms with Crippen LogP contribution in [0.3, 0.4) is 0 Å². The number of nitrogens with one attached hydrogen (secondary N) is 3. The molecule has 3 N–H and O–H groups in total. The summed E-state index contributed by atoms with van der Waals surface area (Å²) in [6, 6.07) is 6.21. The van der Waals surface area contributed by atoms with E-state index in [4.69, 9.17) is 0 Å². The van der Waals surface area contributed by atoms with Gasteiger partial charge < -0.3 is 16.0 Å². The molecule has 1 rings (SSSR count). The minimum absolute atomic E-state index is 0.0499. The number of rotatable bonds is 7. The van der Waals surface area contributed by atoms with Crippen LogP contribution in [0.1, 0.15) is 20.3 Å². The van der Waals surface area contributed by atoms with Crippen molar-refractivity contribution < 1.29 is 18.0 Å². The van der Waals surface area contributed by atoms with Crippen molar-refractivity contribution >= 4 is 33.2 Å². The predicted octanol–water partition coefficient (Wildman–Crippen LogP) is 1.59. The molecule has 0 fully saturated rings. The summed E-state index contributed by atoms with van der Waals surface area (Å²) in [6.45, 7) is 3.36. The van der Waals surface area contributed by atoms with E-state index in [-0.39, 0.29) is 24.0 Å². The first kappa shape index (κ1) is 18.0. The third-order valence-electron chi connectivity index (χ3n) is 2.86. The van der Waals surface area contributed by atoms with Crippen molar-refractivity contribution in [3.63, 3.8) is 0 Å². The summed E-state index contributed by atoms with van der Waals surface area (Å²) in [6.07, 6.45) is 0.365. The lowest BCUT2D eigenvalue weighted by molar-refractivity contribution is -0.115. The standard InChI is InChI=1S/C14H21N3O4S/c1-3-13(18)16-11-6-5-7-12(10-11)17-14(19)15-8-9-22(20,21)4-2/h5-7,10H,3-4,8-9H2,1-2H3,(H,16,18)(H2,15,17,19). The van der Waals surface area contributed by atoms with Crippen LogP contribution in [0.4, 0.5) is 16.2 Å². The van der Waals surface area contributed by atoms with Crippen molar-refractivity contribution in [1.82, 2.24) is 5.32 Å². The quantitative estimate of drug-likeness (QED) is 0.707. The molecule has 0 aliphatic rings. The Bertz CT molecular complexity index is 629. The number of anilines is 2. The van der Waals surface area contributed by atoms with E-state index in [0.717, 1.165) is 0 Å². The Morgan fingerprint density at radius 3 is 2.32 bits per heavy atom. The van der Waals surface area contributed by atoms with Crippen LogP contribution in [0.25, 0.3) is 0 Å². The second kappa shape index (κ2) is 8.38. The number of sulfone groups is 1. The maximum atomic E-state index is 11.7. The molecule has 0 radical (unpaired) electrons. The molecule has 0 bridgehead atoms. The van der Waals surface area contributed by atoms with Crippen molar-refractivity contribution in [3.05, 3.63) is 24.3 Å². The minimum atomic E-state index is -3.10. The zero-order chi connectivity index (χ0) is 16.6. The third kappa shape index (κ3) is 6.57. The van der Waals surface area contributed by atoms with E-state index in [9.17, 15) is 18.0 Å². The SMILES string of the molecule is CCC(=O)Nc1cccc(NC(=O)NCCS(=O)(=O)CC)c1. The first-order valence-electron chi connectivity index (χ1n) is 7.01. The molecule has 7 nitrogen and oxygen atoms in total. The van der Waals surface area contributed by atoms with Gasteiger partial charge in [0.15, 0.2) is 9.84 Å². The zero-order valence-electron chi connectivity index (χ0n) is 12.7. The van der Waals surface area contributed by atoms with Gasteiger partial charge in [-0.05, 0) is 18.2 Å². The average molecular weight is 327 g/mol. The van der Waals surface area contributed by atoms with Crippen molar-refractivity contribution in [2.24, 2.45) is 0 Å². The van der Waals surface area contributed by atoms with E-state index in [1.165, 1.54) is 0 Å². The van der Waals surface area contributed by atoms with Crippen molar-refractivity contribution in [2.45, 2.75) is 20.3 Å². The van der Waals surface area contributed by atoms with Gasteiger partial charge in [0.2, 0.25) is 5.91 Å². The number of hydrogen-bond acceptors (Lipinski definition) is 4. The minimum Gasteiger partial charge on any atom is -0.337 e. The van der Waals surface area contributed by atoms with E-state index in [2.05, 4.69) is 16.0 Å². The molecule has 122 valence electrons. The fourth-order valence-electron chi connectivity index (χ4n) is 1.56. The zero-order valence-corrected chi connectivity index (χ0v) is 13.5.